The van der Waals surface area contributed by atoms with Gasteiger partial charge in [-0.3, -0.25) is 0 Å². The van der Waals surface area contributed by atoms with E-state index in [2.05, 4.69) is 54.5 Å². The number of aromatic nitrogens is 1. The van der Waals surface area contributed by atoms with Gasteiger partial charge in [-0.1, -0.05) is 50.1 Å². The second-order valence-electron chi connectivity index (χ2n) is 4.85. The lowest BCUT2D eigenvalue weighted by atomic mass is 10.0. The van der Waals surface area contributed by atoms with Gasteiger partial charge in [-0.15, -0.1) is 11.3 Å². The summed E-state index contributed by atoms with van der Waals surface area (Å²) in [6.45, 7) is 5.24. The first kappa shape index (κ1) is 14.2. The van der Waals surface area contributed by atoms with Crippen molar-refractivity contribution in [2.75, 3.05) is 0 Å². The first-order valence-corrected chi connectivity index (χ1v) is 7.86. The predicted molar refractivity (Wildman–Crippen MR) is 82.4 cm³/mol. The molecule has 0 bridgehead atoms. The van der Waals surface area contributed by atoms with Gasteiger partial charge in [0.05, 0.1) is 11.2 Å². The molecule has 1 aromatic heterocycles. The van der Waals surface area contributed by atoms with Crippen molar-refractivity contribution in [1.29, 1.82) is 0 Å². The van der Waals surface area contributed by atoms with Crippen LogP contribution in [0.5, 0.6) is 0 Å². The Morgan fingerprint density at radius 1 is 1.26 bits per heavy atom. The Morgan fingerprint density at radius 3 is 2.68 bits per heavy atom. The van der Waals surface area contributed by atoms with Crippen molar-refractivity contribution in [1.82, 2.24) is 10.3 Å². The first-order valence-electron chi connectivity index (χ1n) is 6.98. The summed E-state index contributed by atoms with van der Waals surface area (Å²) < 4.78 is 0. The Labute approximate surface area is 119 Å². The molecule has 0 amide bonds. The summed E-state index contributed by atoms with van der Waals surface area (Å²) in [5.41, 5.74) is 4.47. The highest BCUT2D eigenvalue weighted by atomic mass is 32.1. The van der Waals surface area contributed by atoms with E-state index >= 15 is 0 Å². The summed E-state index contributed by atoms with van der Waals surface area (Å²) in [5, 5.41) is 3.68. The van der Waals surface area contributed by atoms with Crippen molar-refractivity contribution < 1.29 is 0 Å². The van der Waals surface area contributed by atoms with E-state index in [9.17, 15) is 0 Å². The van der Waals surface area contributed by atoms with Crippen molar-refractivity contribution in [2.24, 2.45) is 0 Å². The van der Waals surface area contributed by atoms with E-state index in [0.717, 1.165) is 12.2 Å². The van der Waals surface area contributed by atoms with E-state index in [1.54, 1.807) is 11.3 Å². The molecule has 19 heavy (non-hydrogen) atoms. The highest BCUT2D eigenvalue weighted by Gasteiger charge is 2.11. The van der Waals surface area contributed by atoms with Gasteiger partial charge in [0.15, 0.2) is 0 Å². The maximum absolute atomic E-state index is 4.31. The zero-order valence-corrected chi connectivity index (χ0v) is 12.5. The number of aryl methyl sites for hydroxylation is 1. The van der Waals surface area contributed by atoms with Crippen LogP contribution in [0.25, 0.3) is 0 Å². The van der Waals surface area contributed by atoms with Crippen LogP contribution in [0.3, 0.4) is 0 Å². The fraction of sp³-hybridized carbons (Fsp3) is 0.438. The molecule has 0 fully saturated rings. The zero-order chi connectivity index (χ0) is 13.5. The number of thiazole rings is 1. The summed E-state index contributed by atoms with van der Waals surface area (Å²) in [7, 11) is 0. The number of benzene rings is 1. The molecule has 1 heterocycles. The second-order valence-corrected chi connectivity index (χ2v) is 5.79. The zero-order valence-electron chi connectivity index (χ0n) is 11.7. The molecule has 0 aliphatic carbocycles. The van der Waals surface area contributed by atoms with Crippen LogP contribution in [-0.4, -0.2) is 4.98 Å². The number of hydrogen-bond acceptors (Lipinski definition) is 3. The SMILES string of the molecule is CCCCC(NCc1scnc1C)c1ccccc1. The van der Waals surface area contributed by atoms with E-state index in [4.69, 9.17) is 0 Å². The summed E-state index contributed by atoms with van der Waals surface area (Å²) in [6.07, 6.45) is 3.69. The molecule has 1 aromatic carbocycles. The highest BCUT2D eigenvalue weighted by molar-refractivity contribution is 7.09. The summed E-state index contributed by atoms with van der Waals surface area (Å²) in [5.74, 6) is 0. The maximum Gasteiger partial charge on any atom is 0.0798 e. The van der Waals surface area contributed by atoms with Crippen LogP contribution in [0.4, 0.5) is 0 Å². The van der Waals surface area contributed by atoms with E-state index in [0.29, 0.717) is 6.04 Å². The molecule has 102 valence electrons. The monoisotopic (exact) mass is 274 g/mol. The topological polar surface area (TPSA) is 24.9 Å². The van der Waals surface area contributed by atoms with Gasteiger partial charge in [0, 0.05) is 17.5 Å². The molecule has 0 saturated heterocycles. The van der Waals surface area contributed by atoms with Crippen LogP contribution in [0, 0.1) is 6.92 Å². The molecule has 1 atom stereocenters. The van der Waals surface area contributed by atoms with E-state index < -0.39 is 0 Å². The Balaban J connectivity index is 2.00. The summed E-state index contributed by atoms with van der Waals surface area (Å²) in [4.78, 5) is 5.65. The maximum atomic E-state index is 4.31. The molecule has 1 N–H and O–H groups in total. The van der Waals surface area contributed by atoms with Crippen molar-refractivity contribution >= 4 is 11.3 Å². The molecule has 0 saturated carbocycles. The lowest BCUT2D eigenvalue weighted by Crippen LogP contribution is -2.20. The number of hydrogen-bond donors (Lipinski definition) is 1. The van der Waals surface area contributed by atoms with E-state index in [1.807, 2.05) is 5.51 Å². The Kier molecular flexibility index (Phi) is 5.55. The van der Waals surface area contributed by atoms with Gasteiger partial charge in [-0.05, 0) is 18.9 Å². The molecule has 2 aromatic rings. The molecule has 0 radical (unpaired) electrons. The Bertz CT molecular complexity index is 479. The lowest BCUT2D eigenvalue weighted by Gasteiger charge is -2.18. The summed E-state index contributed by atoms with van der Waals surface area (Å²) in [6, 6.07) is 11.2. The Morgan fingerprint density at radius 2 is 2.05 bits per heavy atom. The fourth-order valence-corrected chi connectivity index (χ4v) is 2.92. The van der Waals surface area contributed by atoms with E-state index in [1.165, 1.54) is 29.7 Å². The smallest absolute Gasteiger partial charge is 0.0798 e. The van der Waals surface area contributed by atoms with Gasteiger partial charge in [-0.25, -0.2) is 4.98 Å². The second kappa shape index (κ2) is 7.41. The normalized spacial score (nSPS) is 12.5. The minimum atomic E-state index is 0.447. The molecule has 1 unspecified atom stereocenters. The lowest BCUT2D eigenvalue weighted by molar-refractivity contribution is 0.482. The van der Waals surface area contributed by atoms with Gasteiger partial charge in [0.2, 0.25) is 0 Å². The van der Waals surface area contributed by atoms with Crippen LogP contribution in [-0.2, 0) is 6.54 Å². The van der Waals surface area contributed by atoms with Crippen LogP contribution >= 0.6 is 11.3 Å². The van der Waals surface area contributed by atoms with Crippen molar-refractivity contribution in [3.63, 3.8) is 0 Å². The third kappa shape index (κ3) is 4.15. The molecule has 2 rings (SSSR count). The Hall–Kier alpha value is -1.19. The molecular weight excluding hydrogens is 252 g/mol. The standard InChI is InChI=1S/C16H22N2S/c1-3-4-10-15(14-8-6-5-7-9-14)17-11-16-13(2)18-12-19-16/h5-9,12,15,17H,3-4,10-11H2,1-2H3. The predicted octanol–water partition coefficient (Wildman–Crippen LogP) is 4.47. The molecular formula is C16H22N2S. The van der Waals surface area contributed by atoms with Gasteiger partial charge < -0.3 is 5.32 Å². The highest BCUT2D eigenvalue weighted by Crippen LogP contribution is 2.21. The number of unbranched alkanes of at least 4 members (excludes halogenated alkanes) is 1. The molecule has 0 aliphatic rings. The minimum Gasteiger partial charge on any atom is -0.305 e. The summed E-state index contributed by atoms with van der Waals surface area (Å²) >= 11 is 1.74. The first-order chi connectivity index (χ1) is 9.31. The van der Waals surface area contributed by atoms with Crippen LogP contribution < -0.4 is 5.32 Å². The van der Waals surface area contributed by atoms with E-state index in [-0.39, 0.29) is 0 Å². The largest absolute Gasteiger partial charge is 0.305 e. The average Bonchev–Trinajstić information content (AvgIpc) is 2.85. The third-order valence-corrected chi connectivity index (χ3v) is 4.34. The quantitative estimate of drug-likeness (QED) is 0.805. The average molecular weight is 274 g/mol. The third-order valence-electron chi connectivity index (χ3n) is 3.40. The van der Waals surface area contributed by atoms with Gasteiger partial charge >= 0.3 is 0 Å². The number of nitrogens with one attached hydrogen (secondary N) is 1. The molecule has 0 aliphatic heterocycles. The van der Waals surface area contributed by atoms with Crippen molar-refractivity contribution in [3.8, 4) is 0 Å². The van der Waals surface area contributed by atoms with Crippen molar-refractivity contribution in [2.45, 2.75) is 45.7 Å². The van der Waals surface area contributed by atoms with Gasteiger partial charge in [0.25, 0.3) is 0 Å². The molecule has 0 spiro atoms. The van der Waals surface area contributed by atoms with Gasteiger partial charge in [-0.2, -0.15) is 0 Å². The minimum absolute atomic E-state index is 0.447. The van der Waals surface area contributed by atoms with Crippen LogP contribution in [0.2, 0.25) is 0 Å². The van der Waals surface area contributed by atoms with Crippen molar-refractivity contribution in [3.05, 3.63) is 52.0 Å². The molecule has 3 heteroatoms. The number of rotatable bonds is 7. The van der Waals surface area contributed by atoms with Crippen LogP contribution in [0.15, 0.2) is 35.8 Å². The fourth-order valence-electron chi connectivity index (χ4n) is 2.19. The van der Waals surface area contributed by atoms with Crippen LogP contribution in [0.1, 0.15) is 48.4 Å². The number of nitrogens with zero attached hydrogens (tertiary/aromatic N) is 1. The molecule has 2 nitrogen and oxygen atoms in total. The van der Waals surface area contributed by atoms with Gasteiger partial charge in [0.1, 0.15) is 0 Å².